The molecule has 0 aliphatic carbocycles. The first-order valence-electron chi connectivity index (χ1n) is 7.36. The first kappa shape index (κ1) is 15.3. The molecule has 2 heterocycles. The second kappa shape index (κ2) is 6.10. The molecule has 0 spiro atoms. The van der Waals surface area contributed by atoms with E-state index >= 15 is 0 Å². The van der Waals surface area contributed by atoms with E-state index in [1.807, 2.05) is 4.90 Å². The van der Waals surface area contributed by atoms with E-state index in [4.69, 9.17) is 0 Å². The standard InChI is InChI=1S/C14H25N3O3/c1-14(2,9-18)16-13(20)10-7-12(19)17(8-10)11-3-5-15-6-4-11/h10-11,15,18H,3-9H2,1-2H3,(H,16,20)/t10-/m1/s1. The summed E-state index contributed by atoms with van der Waals surface area (Å²) in [6.45, 7) is 5.80. The molecule has 6 heteroatoms. The summed E-state index contributed by atoms with van der Waals surface area (Å²) >= 11 is 0. The Morgan fingerprint density at radius 2 is 2.10 bits per heavy atom. The Labute approximate surface area is 119 Å². The Morgan fingerprint density at radius 1 is 1.45 bits per heavy atom. The van der Waals surface area contributed by atoms with Gasteiger partial charge in [0.05, 0.1) is 18.1 Å². The number of carbonyl (C=O) groups excluding carboxylic acids is 2. The molecule has 0 saturated carbocycles. The molecule has 114 valence electrons. The SMILES string of the molecule is CC(C)(CO)NC(=O)[C@@H]1CC(=O)N(C2CCNCC2)C1. The van der Waals surface area contributed by atoms with Gasteiger partial charge < -0.3 is 20.6 Å². The van der Waals surface area contributed by atoms with Crippen LogP contribution in [0.5, 0.6) is 0 Å². The second-order valence-electron chi connectivity index (χ2n) is 6.46. The average molecular weight is 283 g/mol. The van der Waals surface area contributed by atoms with Crippen molar-refractivity contribution < 1.29 is 14.7 Å². The summed E-state index contributed by atoms with van der Waals surface area (Å²) in [6, 6.07) is 0.271. The van der Waals surface area contributed by atoms with Gasteiger partial charge in [0.2, 0.25) is 11.8 Å². The van der Waals surface area contributed by atoms with Crippen molar-refractivity contribution in [2.75, 3.05) is 26.2 Å². The predicted molar refractivity (Wildman–Crippen MR) is 75.0 cm³/mol. The van der Waals surface area contributed by atoms with Gasteiger partial charge in [-0.3, -0.25) is 9.59 Å². The molecule has 0 aromatic heterocycles. The van der Waals surface area contributed by atoms with E-state index in [9.17, 15) is 14.7 Å². The van der Waals surface area contributed by atoms with E-state index in [1.54, 1.807) is 13.8 Å². The number of rotatable bonds is 4. The minimum absolute atomic E-state index is 0.0823. The van der Waals surface area contributed by atoms with E-state index in [0.717, 1.165) is 25.9 Å². The maximum absolute atomic E-state index is 12.2. The fraction of sp³-hybridized carbons (Fsp3) is 0.857. The van der Waals surface area contributed by atoms with Crippen LogP contribution < -0.4 is 10.6 Å². The molecule has 0 aromatic rings. The number of likely N-dealkylation sites (tertiary alicyclic amines) is 1. The van der Waals surface area contributed by atoms with Gasteiger partial charge >= 0.3 is 0 Å². The van der Waals surface area contributed by atoms with E-state index < -0.39 is 5.54 Å². The van der Waals surface area contributed by atoms with Gasteiger partial charge in [-0.05, 0) is 39.8 Å². The number of piperidine rings is 1. The van der Waals surface area contributed by atoms with Crippen LogP contribution in [0.1, 0.15) is 33.1 Å². The van der Waals surface area contributed by atoms with E-state index in [0.29, 0.717) is 6.54 Å². The van der Waals surface area contributed by atoms with Crippen LogP contribution in [0.4, 0.5) is 0 Å². The summed E-state index contributed by atoms with van der Waals surface area (Å²) in [5.74, 6) is -0.337. The maximum Gasteiger partial charge on any atom is 0.225 e. The zero-order chi connectivity index (χ0) is 14.8. The Bertz CT molecular complexity index is 378. The molecule has 20 heavy (non-hydrogen) atoms. The molecule has 2 amide bonds. The van der Waals surface area contributed by atoms with Gasteiger partial charge in [0.1, 0.15) is 0 Å². The van der Waals surface area contributed by atoms with Crippen LogP contribution in [0.15, 0.2) is 0 Å². The minimum Gasteiger partial charge on any atom is -0.394 e. The molecule has 1 atom stereocenters. The van der Waals surface area contributed by atoms with Crippen LogP contribution in [0, 0.1) is 5.92 Å². The Hall–Kier alpha value is -1.14. The summed E-state index contributed by atoms with van der Waals surface area (Å²) in [5.41, 5.74) is -0.637. The lowest BCUT2D eigenvalue weighted by Gasteiger charge is -2.32. The number of nitrogens with zero attached hydrogens (tertiary/aromatic N) is 1. The van der Waals surface area contributed by atoms with Gasteiger partial charge in [-0.1, -0.05) is 0 Å². The molecule has 2 saturated heterocycles. The number of carbonyl (C=O) groups is 2. The summed E-state index contributed by atoms with van der Waals surface area (Å²) in [6.07, 6.45) is 2.21. The van der Waals surface area contributed by atoms with Gasteiger partial charge in [-0.15, -0.1) is 0 Å². The lowest BCUT2D eigenvalue weighted by Crippen LogP contribution is -2.49. The van der Waals surface area contributed by atoms with Crippen LogP contribution >= 0.6 is 0 Å². The molecular weight excluding hydrogens is 258 g/mol. The van der Waals surface area contributed by atoms with Gasteiger partial charge in [-0.2, -0.15) is 0 Å². The highest BCUT2D eigenvalue weighted by atomic mass is 16.3. The topological polar surface area (TPSA) is 81.7 Å². The van der Waals surface area contributed by atoms with Crippen molar-refractivity contribution in [3.8, 4) is 0 Å². The van der Waals surface area contributed by atoms with Crippen LogP contribution in [-0.4, -0.2) is 59.6 Å². The molecule has 2 fully saturated rings. The highest BCUT2D eigenvalue weighted by Crippen LogP contribution is 2.24. The number of amides is 2. The normalized spacial score (nSPS) is 25.1. The number of aliphatic hydroxyl groups is 1. The fourth-order valence-corrected chi connectivity index (χ4v) is 2.85. The zero-order valence-electron chi connectivity index (χ0n) is 12.3. The smallest absolute Gasteiger partial charge is 0.225 e. The van der Waals surface area contributed by atoms with Crippen LogP contribution in [0.3, 0.4) is 0 Å². The van der Waals surface area contributed by atoms with Crippen LogP contribution in [-0.2, 0) is 9.59 Å². The van der Waals surface area contributed by atoms with Crippen molar-refractivity contribution in [2.24, 2.45) is 5.92 Å². The van der Waals surface area contributed by atoms with Crippen molar-refractivity contribution in [1.29, 1.82) is 0 Å². The summed E-state index contributed by atoms with van der Waals surface area (Å²) < 4.78 is 0. The Kier molecular flexibility index (Phi) is 4.65. The molecular formula is C14H25N3O3. The van der Waals surface area contributed by atoms with Gasteiger partial charge in [0, 0.05) is 19.0 Å². The van der Waals surface area contributed by atoms with Crippen LogP contribution in [0.2, 0.25) is 0 Å². The third-order valence-corrected chi connectivity index (χ3v) is 4.14. The third-order valence-electron chi connectivity index (χ3n) is 4.14. The predicted octanol–water partition coefficient (Wildman–Crippen LogP) is -0.526. The molecule has 2 aliphatic heterocycles. The largest absolute Gasteiger partial charge is 0.394 e. The zero-order valence-corrected chi connectivity index (χ0v) is 12.3. The highest BCUT2D eigenvalue weighted by molar-refractivity contribution is 5.89. The summed E-state index contributed by atoms with van der Waals surface area (Å²) in [7, 11) is 0. The van der Waals surface area contributed by atoms with Gasteiger partial charge in [0.25, 0.3) is 0 Å². The first-order chi connectivity index (χ1) is 9.43. The highest BCUT2D eigenvalue weighted by Gasteiger charge is 2.39. The van der Waals surface area contributed by atoms with Crippen LogP contribution in [0.25, 0.3) is 0 Å². The molecule has 6 nitrogen and oxygen atoms in total. The summed E-state index contributed by atoms with van der Waals surface area (Å²) in [5, 5.41) is 15.3. The van der Waals surface area contributed by atoms with Crippen molar-refractivity contribution in [2.45, 2.75) is 44.7 Å². The van der Waals surface area contributed by atoms with Gasteiger partial charge in [-0.25, -0.2) is 0 Å². The van der Waals surface area contributed by atoms with Crippen molar-refractivity contribution in [3.63, 3.8) is 0 Å². The molecule has 3 N–H and O–H groups in total. The molecule has 2 rings (SSSR count). The lowest BCUT2D eigenvalue weighted by molar-refractivity contribution is -0.131. The first-order valence-corrected chi connectivity index (χ1v) is 7.36. The molecule has 0 unspecified atom stereocenters. The van der Waals surface area contributed by atoms with Crippen molar-refractivity contribution in [1.82, 2.24) is 15.5 Å². The third kappa shape index (κ3) is 3.49. The Morgan fingerprint density at radius 3 is 2.70 bits per heavy atom. The van der Waals surface area contributed by atoms with Crippen molar-refractivity contribution >= 4 is 11.8 Å². The van der Waals surface area contributed by atoms with E-state index in [1.165, 1.54) is 0 Å². The average Bonchev–Trinajstić information content (AvgIpc) is 2.81. The minimum atomic E-state index is -0.637. The Balaban J connectivity index is 1.92. The number of nitrogens with one attached hydrogen (secondary N) is 2. The molecule has 2 aliphatic rings. The number of aliphatic hydroxyl groups excluding tert-OH is 1. The van der Waals surface area contributed by atoms with E-state index in [2.05, 4.69) is 10.6 Å². The molecule has 0 aromatic carbocycles. The van der Waals surface area contributed by atoms with E-state index in [-0.39, 0.29) is 36.8 Å². The molecule has 0 bridgehead atoms. The monoisotopic (exact) mass is 283 g/mol. The maximum atomic E-state index is 12.2. The van der Waals surface area contributed by atoms with Gasteiger partial charge in [0.15, 0.2) is 0 Å². The second-order valence-corrected chi connectivity index (χ2v) is 6.46. The van der Waals surface area contributed by atoms with Crippen molar-refractivity contribution in [3.05, 3.63) is 0 Å². The lowest BCUT2D eigenvalue weighted by atomic mass is 10.0. The fourth-order valence-electron chi connectivity index (χ4n) is 2.85. The number of hydrogen-bond donors (Lipinski definition) is 3. The molecule has 0 radical (unpaired) electrons. The summed E-state index contributed by atoms with van der Waals surface area (Å²) in [4.78, 5) is 26.2. The number of hydrogen-bond acceptors (Lipinski definition) is 4. The quantitative estimate of drug-likeness (QED) is 0.648.